The third-order valence-electron chi connectivity index (χ3n) is 5.53. The molecule has 0 bridgehead atoms. The van der Waals surface area contributed by atoms with E-state index in [1.54, 1.807) is 7.11 Å². The van der Waals surface area contributed by atoms with E-state index in [2.05, 4.69) is 24.3 Å². The van der Waals surface area contributed by atoms with Gasteiger partial charge in [0.1, 0.15) is 11.9 Å². The molecule has 1 fully saturated rings. The molecule has 1 aliphatic carbocycles. The SMILES string of the molecule is COc1ccc(-n2ncc3c2CC(C)(C)C[C@H]3NC(=O)[C@H]2CCCO2)cc1. The number of nitrogens with one attached hydrogen (secondary N) is 1. The molecule has 4 rings (SSSR count). The van der Waals surface area contributed by atoms with Crippen LogP contribution >= 0.6 is 0 Å². The molecule has 2 aliphatic rings. The topological polar surface area (TPSA) is 65.4 Å². The van der Waals surface area contributed by atoms with E-state index in [-0.39, 0.29) is 23.5 Å². The number of ether oxygens (including phenoxy) is 2. The molecule has 0 spiro atoms. The Bertz CT molecular complexity index is 820. The molecule has 2 heterocycles. The van der Waals surface area contributed by atoms with Gasteiger partial charge in [0.05, 0.1) is 30.7 Å². The number of hydrogen-bond donors (Lipinski definition) is 1. The molecule has 0 unspecified atom stereocenters. The van der Waals surface area contributed by atoms with E-state index in [0.717, 1.165) is 48.4 Å². The fourth-order valence-electron chi connectivity index (χ4n) is 4.17. The fourth-order valence-corrected chi connectivity index (χ4v) is 4.17. The van der Waals surface area contributed by atoms with Crippen molar-refractivity contribution in [2.24, 2.45) is 5.41 Å². The Balaban J connectivity index is 1.63. The lowest BCUT2D eigenvalue weighted by molar-refractivity contribution is -0.131. The maximum absolute atomic E-state index is 12.6. The number of hydrogen-bond acceptors (Lipinski definition) is 4. The molecule has 1 aliphatic heterocycles. The Morgan fingerprint density at radius 3 is 2.78 bits per heavy atom. The number of carbonyl (C=O) groups is 1. The fraction of sp³-hybridized carbons (Fsp3) is 0.524. The lowest BCUT2D eigenvalue weighted by Gasteiger charge is -2.36. The van der Waals surface area contributed by atoms with Crippen LogP contribution in [0.5, 0.6) is 5.75 Å². The van der Waals surface area contributed by atoms with Crippen LogP contribution in [0.2, 0.25) is 0 Å². The van der Waals surface area contributed by atoms with Crippen molar-refractivity contribution >= 4 is 5.91 Å². The highest BCUT2D eigenvalue weighted by Gasteiger charge is 2.37. The van der Waals surface area contributed by atoms with E-state index >= 15 is 0 Å². The van der Waals surface area contributed by atoms with Crippen molar-refractivity contribution in [3.63, 3.8) is 0 Å². The molecule has 144 valence electrons. The molecular weight excluding hydrogens is 342 g/mol. The maximum atomic E-state index is 12.6. The third-order valence-corrected chi connectivity index (χ3v) is 5.53. The second-order valence-electron chi connectivity index (χ2n) is 8.26. The molecule has 1 aromatic heterocycles. The minimum Gasteiger partial charge on any atom is -0.497 e. The highest BCUT2D eigenvalue weighted by atomic mass is 16.5. The van der Waals surface area contributed by atoms with Crippen LogP contribution < -0.4 is 10.1 Å². The summed E-state index contributed by atoms with van der Waals surface area (Å²) < 4.78 is 12.8. The molecule has 1 saturated heterocycles. The van der Waals surface area contributed by atoms with Gasteiger partial charge >= 0.3 is 0 Å². The average Bonchev–Trinajstić information content (AvgIpc) is 3.31. The van der Waals surface area contributed by atoms with Crippen molar-refractivity contribution in [1.29, 1.82) is 0 Å². The van der Waals surface area contributed by atoms with E-state index in [4.69, 9.17) is 9.47 Å². The van der Waals surface area contributed by atoms with Gasteiger partial charge in [0.2, 0.25) is 5.91 Å². The van der Waals surface area contributed by atoms with E-state index < -0.39 is 0 Å². The van der Waals surface area contributed by atoms with Crippen molar-refractivity contribution in [3.05, 3.63) is 41.7 Å². The Hall–Kier alpha value is -2.34. The van der Waals surface area contributed by atoms with Crippen molar-refractivity contribution in [1.82, 2.24) is 15.1 Å². The number of fused-ring (bicyclic) bond motifs is 1. The summed E-state index contributed by atoms with van der Waals surface area (Å²) in [5.41, 5.74) is 3.34. The summed E-state index contributed by atoms with van der Waals surface area (Å²) in [5.74, 6) is 0.820. The van der Waals surface area contributed by atoms with Gasteiger partial charge in [-0.05, 0) is 55.4 Å². The zero-order valence-corrected chi connectivity index (χ0v) is 16.2. The first kappa shape index (κ1) is 18.0. The first-order valence-electron chi connectivity index (χ1n) is 9.60. The van der Waals surface area contributed by atoms with Gasteiger partial charge in [-0.25, -0.2) is 4.68 Å². The number of aromatic nitrogens is 2. The number of methoxy groups -OCH3 is 1. The third kappa shape index (κ3) is 3.58. The molecule has 1 amide bonds. The van der Waals surface area contributed by atoms with Gasteiger partial charge in [0, 0.05) is 12.2 Å². The monoisotopic (exact) mass is 369 g/mol. The zero-order chi connectivity index (χ0) is 19.0. The Labute approximate surface area is 159 Å². The van der Waals surface area contributed by atoms with Crippen LogP contribution in [0.1, 0.15) is 50.4 Å². The first-order valence-corrected chi connectivity index (χ1v) is 9.60. The molecule has 27 heavy (non-hydrogen) atoms. The molecule has 1 aromatic carbocycles. The Morgan fingerprint density at radius 1 is 1.33 bits per heavy atom. The molecule has 2 atom stereocenters. The van der Waals surface area contributed by atoms with E-state index in [9.17, 15) is 4.79 Å². The van der Waals surface area contributed by atoms with Gasteiger partial charge in [-0.3, -0.25) is 4.79 Å². The van der Waals surface area contributed by atoms with Crippen molar-refractivity contribution in [3.8, 4) is 11.4 Å². The molecule has 0 saturated carbocycles. The molecule has 1 N–H and O–H groups in total. The summed E-state index contributed by atoms with van der Waals surface area (Å²) in [6.07, 6.45) is 5.16. The zero-order valence-electron chi connectivity index (χ0n) is 16.2. The van der Waals surface area contributed by atoms with Gasteiger partial charge in [-0.15, -0.1) is 0 Å². The van der Waals surface area contributed by atoms with Crippen LogP contribution in [0, 0.1) is 5.41 Å². The van der Waals surface area contributed by atoms with Crippen LogP contribution in [0.15, 0.2) is 30.5 Å². The summed E-state index contributed by atoms with van der Waals surface area (Å²) in [7, 11) is 1.66. The summed E-state index contributed by atoms with van der Waals surface area (Å²) in [4.78, 5) is 12.6. The lowest BCUT2D eigenvalue weighted by atomic mass is 9.74. The van der Waals surface area contributed by atoms with Crippen molar-refractivity contribution < 1.29 is 14.3 Å². The molecule has 0 radical (unpaired) electrons. The first-order chi connectivity index (χ1) is 13.0. The number of rotatable bonds is 4. The summed E-state index contributed by atoms with van der Waals surface area (Å²) in [6.45, 7) is 5.16. The second kappa shape index (κ2) is 7.00. The minimum absolute atomic E-state index is 0.00153. The van der Waals surface area contributed by atoms with Crippen LogP contribution in [0.4, 0.5) is 0 Å². The van der Waals surface area contributed by atoms with Crippen molar-refractivity contribution in [2.75, 3.05) is 13.7 Å². The Kier molecular flexibility index (Phi) is 4.68. The maximum Gasteiger partial charge on any atom is 0.249 e. The van der Waals surface area contributed by atoms with Gasteiger partial charge in [-0.1, -0.05) is 13.8 Å². The molecule has 6 nitrogen and oxygen atoms in total. The van der Waals surface area contributed by atoms with Gasteiger partial charge in [0.15, 0.2) is 0 Å². The van der Waals surface area contributed by atoms with Gasteiger partial charge in [-0.2, -0.15) is 5.10 Å². The van der Waals surface area contributed by atoms with Crippen LogP contribution in [-0.4, -0.2) is 35.5 Å². The highest BCUT2D eigenvalue weighted by Crippen LogP contribution is 2.41. The van der Waals surface area contributed by atoms with Crippen LogP contribution in [0.25, 0.3) is 5.69 Å². The summed E-state index contributed by atoms with van der Waals surface area (Å²) in [6, 6.07) is 7.86. The van der Waals surface area contributed by atoms with Gasteiger partial charge < -0.3 is 14.8 Å². The lowest BCUT2D eigenvalue weighted by Crippen LogP contribution is -2.41. The van der Waals surface area contributed by atoms with E-state index in [1.165, 1.54) is 0 Å². The minimum atomic E-state index is -0.310. The molecular formula is C21H27N3O3. The van der Waals surface area contributed by atoms with Gasteiger partial charge in [0.25, 0.3) is 0 Å². The predicted octanol–water partition coefficient (Wildman–Crippen LogP) is 3.19. The van der Waals surface area contributed by atoms with E-state index in [1.807, 2.05) is 35.1 Å². The normalized spacial score (nSPS) is 23.7. The summed E-state index contributed by atoms with van der Waals surface area (Å²) >= 11 is 0. The van der Waals surface area contributed by atoms with Crippen LogP contribution in [-0.2, 0) is 16.0 Å². The number of nitrogens with zero attached hydrogens (tertiary/aromatic N) is 2. The molecule has 6 heteroatoms. The number of carbonyl (C=O) groups excluding carboxylic acids is 1. The van der Waals surface area contributed by atoms with Crippen molar-refractivity contribution in [2.45, 2.75) is 51.7 Å². The standard InChI is InChI=1S/C21H27N3O3/c1-21(2)11-17(23-20(25)19-5-4-10-27-19)16-13-22-24(18(16)12-21)14-6-8-15(26-3)9-7-14/h6-9,13,17,19H,4-5,10-12H2,1-3H3,(H,23,25)/t17-,19-/m1/s1. The van der Waals surface area contributed by atoms with E-state index in [0.29, 0.717) is 6.61 Å². The second-order valence-corrected chi connectivity index (χ2v) is 8.26. The smallest absolute Gasteiger partial charge is 0.249 e. The summed E-state index contributed by atoms with van der Waals surface area (Å²) in [5, 5.41) is 7.86. The Morgan fingerprint density at radius 2 is 2.11 bits per heavy atom. The number of amides is 1. The average molecular weight is 369 g/mol. The highest BCUT2D eigenvalue weighted by molar-refractivity contribution is 5.81. The number of benzene rings is 1. The van der Waals surface area contributed by atoms with Crippen LogP contribution in [0.3, 0.4) is 0 Å². The predicted molar refractivity (Wildman–Crippen MR) is 102 cm³/mol. The molecule has 2 aromatic rings. The quantitative estimate of drug-likeness (QED) is 0.899. The largest absolute Gasteiger partial charge is 0.497 e.